The van der Waals surface area contributed by atoms with Crippen molar-refractivity contribution >= 4 is 22.5 Å². The molecular formula is C21H18FN7. The maximum Gasteiger partial charge on any atom is 0.188 e. The largest absolute Gasteiger partial charge is 0.361 e. The molecule has 144 valence electrons. The molecule has 2 aromatic carbocycles. The summed E-state index contributed by atoms with van der Waals surface area (Å²) in [5.74, 6) is 1.52. The number of aryl methyl sites for hydroxylation is 2. The highest BCUT2D eigenvalue weighted by Crippen LogP contribution is 2.22. The van der Waals surface area contributed by atoms with Crippen LogP contribution < -0.4 is 5.32 Å². The molecule has 0 saturated carbocycles. The average molecular weight is 387 g/mol. The van der Waals surface area contributed by atoms with Gasteiger partial charge in [0.15, 0.2) is 11.5 Å². The van der Waals surface area contributed by atoms with E-state index >= 15 is 0 Å². The first-order valence-corrected chi connectivity index (χ1v) is 9.24. The number of anilines is 1. The highest BCUT2D eigenvalue weighted by Gasteiger charge is 2.14. The van der Waals surface area contributed by atoms with Gasteiger partial charge in [-0.05, 0) is 42.8 Å². The fourth-order valence-corrected chi connectivity index (χ4v) is 3.53. The van der Waals surface area contributed by atoms with Gasteiger partial charge in [0.2, 0.25) is 0 Å². The van der Waals surface area contributed by atoms with Gasteiger partial charge in [0, 0.05) is 7.05 Å². The Morgan fingerprint density at radius 3 is 2.69 bits per heavy atom. The second kappa shape index (κ2) is 6.66. The molecule has 3 heterocycles. The van der Waals surface area contributed by atoms with E-state index in [0.29, 0.717) is 29.4 Å². The number of rotatable bonds is 4. The van der Waals surface area contributed by atoms with Gasteiger partial charge in [-0.15, -0.1) is 15.3 Å². The summed E-state index contributed by atoms with van der Waals surface area (Å²) < 4.78 is 17.8. The second-order valence-electron chi connectivity index (χ2n) is 6.88. The van der Waals surface area contributed by atoms with Crippen molar-refractivity contribution in [1.29, 1.82) is 0 Å². The van der Waals surface area contributed by atoms with E-state index in [4.69, 9.17) is 4.98 Å². The molecular weight excluding hydrogens is 369 g/mol. The first kappa shape index (κ1) is 17.3. The number of fused-ring (bicyclic) bond motifs is 2. The summed E-state index contributed by atoms with van der Waals surface area (Å²) in [6.45, 7) is 2.58. The van der Waals surface area contributed by atoms with E-state index in [9.17, 15) is 4.39 Å². The third kappa shape index (κ3) is 2.89. The summed E-state index contributed by atoms with van der Waals surface area (Å²) >= 11 is 0. The minimum Gasteiger partial charge on any atom is -0.361 e. The van der Waals surface area contributed by atoms with E-state index in [1.165, 1.54) is 11.6 Å². The molecule has 0 spiro atoms. The quantitative estimate of drug-likeness (QED) is 0.509. The molecule has 0 unspecified atom stereocenters. The normalized spacial score (nSPS) is 11.4. The van der Waals surface area contributed by atoms with Crippen molar-refractivity contribution in [3.63, 3.8) is 0 Å². The lowest BCUT2D eigenvalue weighted by Gasteiger charge is -2.07. The topological polar surface area (TPSA) is 72.9 Å². The Balaban J connectivity index is 1.47. The van der Waals surface area contributed by atoms with Crippen LogP contribution in [0.1, 0.15) is 11.4 Å². The summed E-state index contributed by atoms with van der Waals surface area (Å²) in [6, 6.07) is 16.2. The Labute approximate surface area is 165 Å². The second-order valence-corrected chi connectivity index (χ2v) is 6.88. The van der Waals surface area contributed by atoms with E-state index < -0.39 is 0 Å². The highest BCUT2D eigenvalue weighted by atomic mass is 19.1. The van der Waals surface area contributed by atoms with E-state index in [-0.39, 0.29) is 5.82 Å². The van der Waals surface area contributed by atoms with Gasteiger partial charge in [-0.2, -0.15) is 4.52 Å². The number of aromatic nitrogens is 6. The van der Waals surface area contributed by atoms with Crippen molar-refractivity contribution in [3.05, 3.63) is 71.8 Å². The van der Waals surface area contributed by atoms with E-state index in [1.807, 2.05) is 25.2 Å². The molecule has 29 heavy (non-hydrogen) atoms. The SMILES string of the molecule is Cc1cccc2nc(CNc3ccc4nnc(-c5ccccc5F)n4n3)n(C)c12. The molecule has 0 amide bonds. The molecule has 5 rings (SSSR count). The number of benzene rings is 2. The van der Waals surface area contributed by atoms with Gasteiger partial charge in [-0.25, -0.2) is 9.37 Å². The van der Waals surface area contributed by atoms with Crippen LogP contribution in [-0.4, -0.2) is 29.4 Å². The molecule has 0 atom stereocenters. The third-order valence-electron chi connectivity index (χ3n) is 4.99. The Bertz CT molecular complexity index is 1350. The van der Waals surface area contributed by atoms with E-state index in [2.05, 4.69) is 38.2 Å². The van der Waals surface area contributed by atoms with Crippen LogP contribution in [0.5, 0.6) is 0 Å². The standard InChI is InChI=1S/C21H18FN7/c1-13-6-5-9-16-20(13)28(2)19(24-16)12-23-17-10-11-18-25-26-21(29(18)27-17)14-7-3-4-8-15(14)22/h3-11H,12H2,1-2H3,(H,23,27). The molecule has 7 nitrogen and oxygen atoms in total. The van der Waals surface area contributed by atoms with Crippen molar-refractivity contribution in [2.75, 3.05) is 5.32 Å². The van der Waals surface area contributed by atoms with Crippen LogP contribution in [0.25, 0.3) is 28.1 Å². The Hall–Kier alpha value is -3.81. The van der Waals surface area contributed by atoms with Crippen LogP contribution in [-0.2, 0) is 13.6 Å². The zero-order chi connectivity index (χ0) is 20.0. The number of halogens is 1. The number of nitrogens with zero attached hydrogens (tertiary/aromatic N) is 6. The minimum absolute atomic E-state index is 0.357. The smallest absolute Gasteiger partial charge is 0.188 e. The average Bonchev–Trinajstić information content (AvgIpc) is 3.28. The molecule has 0 aliphatic heterocycles. The van der Waals surface area contributed by atoms with Gasteiger partial charge in [-0.1, -0.05) is 24.3 Å². The third-order valence-corrected chi connectivity index (χ3v) is 4.99. The molecule has 1 N–H and O–H groups in total. The van der Waals surface area contributed by atoms with Crippen molar-refractivity contribution < 1.29 is 4.39 Å². The zero-order valence-electron chi connectivity index (χ0n) is 16.0. The minimum atomic E-state index is -0.364. The lowest BCUT2D eigenvalue weighted by atomic mass is 10.2. The Morgan fingerprint density at radius 1 is 1.00 bits per heavy atom. The molecule has 0 bridgehead atoms. The summed E-state index contributed by atoms with van der Waals surface area (Å²) in [7, 11) is 2.01. The highest BCUT2D eigenvalue weighted by molar-refractivity contribution is 5.79. The number of hydrogen-bond donors (Lipinski definition) is 1. The van der Waals surface area contributed by atoms with Crippen LogP contribution in [0.4, 0.5) is 10.2 Å². The molecule has 8 heteroatoms. The molecule has 0 saturated heterocycles. The number of hydrogen-bond acceptors (Lipinski definition) is 5. The molecule has 3 aromatic heterocycles. The lowest BCUT2D eigenvalue weighted by molar-refractivity contribution is 0.629. The maximum atomic E-state index is 14.2. The van der Waals surface area contributed by atoms with Crippen molar-refractivity contribution in [2.24, 2.45) is 7.05 Å². The fraction of sp³-hybridized carbons (Fsp3) is 0.143. The van der Waals surface area contributed by atoms with Crippen LogP contribution in [0.3, 0.4) is 0 Å². The van der Waals surface area contributed by atoms with Gasteiger partial charge in [0.25, 0.3) is 0 Å². The van der Waals surface area contributed by atoms with Crippen LogP contribution >= 0.6 is 0 Å². The Morgan fingerprint density at radius 2 is 1.86 bits per heavy atom. The van der Waals surface area contributed by atoms with Crippen LogP contribution in [0, 0.1) is 12.7 Å². The van der Waals surface area contributed by atoms with Crippen LogP contribution in [0.2, 0.25) is 0 Å². The molecule has 5 aromatic rings. The monoisotopic (exact) mass is 387 g/mol. The Kier molecular flexibility index (Phi) is 3.97. The van der Waals surface area contributed by atoms with Gasteiger partial charge in [-0.3, -0.25) is 0 Å². The van der Waals surface area contributed by atoms with Crippen molar-refractivity contribution in [2.45, 2.75) is 13.5 Å². The molecule has 0 aliphatic rings. The first-order valence-electron chi connectivity index (χ1n) is 9.24. The van der Waals surface area contributed by atoms with Crippen molar-refractivity contribution in [3.8, 4) is 11.4 Å². The van der Waals surface area contributed by atoms with Gasteiger partial charge >= 0.3 is 0 Å². The maximum absolute atomic E-state index is 14.2. The molecule has 0 fully saturated rings. The summed E-state index contributed by atoms with van der Waals surface area (Å²) in [6.07, 6.45) is 0. The van der Waals surface area contributed by atoms with Gasteiger partial charge in [0.05, 0.1) is 23.1 Å². The zero-order valence-corrected chi connectivity index (χ0v) is 16.0. The van der Waals surface area contributed by atoms with Crippen LogP contribution in [0.15, 0.2) is 54.6 Å². The van der Waals surface area contributed by atoms with Gasteiger partial charge in [0.1, 0.15) is 17.5 Å². The fourth-order valence-electron chi connectivity index (χ4n) is 3.53. The number of imidazole rings is 1. The van der Waals surface area contributed by atoms with E-state index in [0.717, 1.165) is 16.9 Å². The first-order chi connectivity index (χ1) is 14.1. The molecule has 0 radical (unpaired) electrons. The summed E-state index contributed by atoms with van der Waals surface area (Å²) in [5, 5.41) is 16.0. The van der Waals surface area contributed by atoms with E-state index in [1.54, 1.807) is 28.8 Å². The predicted molar refractivity (Wildman–Crippen MR) is 109 cm³/mol. The number of nitrogens with one attached hydrogen (secondary N) is 1. The summed E-state index contributed by atoms with van der Waals surface area (Å²) in [4.78, 5) is 4.71. The molecule has 0 aliphatic carbocycles. The predicted octanol–water partition coefficient (Wildman–Crippen LogP) is 3.74. The van der Waals surface area contributed by atoms with Gasteiger partial charge < -0.3 is 9.88 Å². The summed E-state index contributed by atoms with van der Waals surface area (Å²) in [5.41, 5.74) is 4.17. The van der Waals surface area contributed by atoms with Crippen molar-refractivity contribution in [1.82, 2.24) is 29.4 Å². The number of para-hydroxylation sites is 1. The lowest BCUT2D eigenvalue weighted by Crippen LogP contribution is -2.09.